The van der Waals surface area contributed by atoms with E-state index < -0.39 is 6.04 Å². The molecule has 0 aliphatic carbocycles. The van der Waals surface area contributed by atoms with Gasteiger partial charge in [0.25, 0.3) is 0 Å². The van der Waals surface area contributed by atoms with Crippen LogP contribution in [-0.2, 0) is 0 Å². The minimum absolute atomic E-state index is 0.189. The SMILES string of the molecule is [2H]c1c([2H])c([2H])c(-c2c3ccccc3c(-c3oc4ccccc4c3-c3cccc4ccccc34)c3ccccc23)c([2H])c1[2H]. The summed E-state index contributed by atoms with van der Waals surface area (Å²) in [6.45, 7) is 0. The summed E-state index contributed by atoms with van der Waals surface area (Å²) < 4.78 is 49.5. The summed E-state index contributed by atoms with van der Waals surface area (Å²) in [7, 11) is 0. The molecule has 8 aromatic rings. The molecule has 0 aliphatic rings. The Morgan fingerprint density at radius 1 is 0.436 bits per heavy atom. The van der Waals surface area contributed by atoms with Gasteiger partial charge in [-0.15, -0.1) is 0 Å². The topological polar surface area (TPSA) is 13.1 Å². The van der Waals surface area contributed by atoms with Gasteiger partial charge in [0.05, 0.1) is 6.85 Å². The van der Waals surface area contributed by atoms with Crippen molar-refractivity contribution in [3.8, 4) is 33.6 Å². The second kappa shape index (κ2) is 8.72. The number of hydrogen-bond donors (Lipinski definition) is 0. The van der Waals surface area contributed by atoms with Gasteiger partial charge in [-0.2, -0.15) is 0 Å². The maximum absolute atomic E-state index is 8.85. The standard InChI is InChI=1S/C38H24O/c1-2-14-26(15-3-1)35-29-18-6-8-20-31(29)36(32-21-9-7-19-30(32)35)38-37(33-22-10-11-24-34(33)39-38)28-23-12-16-25-13-4-5-17-27(25)28/h1-24H/i1D,2D,3D,14D,15D. The molecule has 0 aliphatic heterocycles. The Morgan fingerprint density at radius 3 is 1.67 bits per heavy atom. The van der Waals surface area contributed by atoms with E-state index in [2.05, 4.69) is 36.4 Å². The van der Waals surface area contributed by atoms with Gasteiger partial charge in [-0.25, -0.2) is 0 Å². The van der Waals surface area contributed by atoms with E-state index in [4.69, 9.17) is 11.3 Å². The molecule has 7 aromatic carbocycles. The van der Waals surface area contributed by atoms with Crippen LogP contribution >= 0.6 is 0 Å². The molecule has 182 valence electrons. The lowest BCUT2D eigenvalue weighted by Gasteiger charge is -2.17. The highest BCUT2D eigenvalue weighted by Crippen LogP contribution is 2.49. The predicted molar refractivity (Wildman–Crippen MR) is 165 cm³/mol. The van der Waals surface area contributed by atoms with Gasteiger partial charge in [-0.1, -0.05) is 139 Å². The van der Waals surface area contributed by atoms with Crippen LogP contribution < -0.4 is 0 Å². The fourth-order valence-electron chi connectivity index (χ4n) is 5.95. The summed E-state index contributed by atoms with van der Waals surface area (Å²) >= 11 is 0. The van der Waals surface area contributed by atoms with Crippen molar-refractivity contribution in [1.82, 2.24) is 0 Å². The molecule has 0 unspecified atom stereocenters. The lowest BCUT2D eigenvalue weighted by Crippen LogP contribution is -1.91. The zero-order valence-corrected chi connectivity index (χ0v) is 20.9. The van der Waals surface area contributed by atoms with Crippen LogP contribution in [0.4, 0.5) is 0 Å². The Hall–Kier alpha value is -5.14. The lowest BCUT2D eigenvalue weighted by atomic mass is 9.85. The van der Waals surface area contributed by atoms with Crippen LogP contribution in [0.1, 0.15) is 6.85 Å². The molecule has 0 saturated carbocycles. The Labute approximate surface area is 233 Å². The Bertz CT molecular complexity index is 2370. The van der Waals surface area contributed by atoms with Gasteiger partial charge in [-0.05, 0) is 55.1 Å². The first-order chi connectivity index (χ1) is 21.5. The molecule has 0 radical (unpaired) electrons. The van der Waals surface area contributed by atoms with Gasteiger partial charge in [0.15, 0.2) is 0 Å². The largest absolute Gasteiger partial charge is 0.455 e. The molecule has 1 heterocycles. The fraction of sp³-hybridized carbons (Fsp3) is 0. The average molecular weight is 502 g/mol. The van der Waals surface area contributed by atoms with Gasteiger partial charge in [0.2, 0.25) is 0 Å². The summed E-state index contributed by atoms with van der Waals surface area (Å²) in [5.74, 6) is 0.725. The highest BCUT2D eigenvalue weighted by atomic mass is 16.3. The lowest BCUT2D eigenvalue weighted by molar-refractivity contribution is 0.634. The quantitative estimate of drug-likeness (QED) is 0.219. The molecule has 0 saturated heterocycles. The van der Waals surface area contributed by atoms with Crippen molar-refractivity contribution in [2.24, 2.45) is 0 Å². The molecule has 39 heavy (non-hydrogen) atoms. The second-order valence-corrected chi connectivity index (χ2v) is 9.67. The molecule has 0 bridgehead atoms. The molecular formula is C38H24O. The summed E-state index contributed by atoms with van der Waals surface area (Å²) in [4.78, 5) is 0. The zero-order valence-electron chi connectivity index (χ0n) is 25.9. The zero-order chi connectivity index (χ0) is 30.1. The Kier molecular flexibility index (Phi) is 3.89. The van der Waals surface area contributed by atoms with Gasteiger partial charge < -0.3 is 4.42 Å². The average Bonchev–Trinajstić information content (AvgIpc) is 3.44. The Balaban J connectivity index is 1.57. The third-order valence-corrected chi connectivity index (χ3v) is 7.56. The number of hydrogen-bond acceptors (Lipinski definition) is 1. The van der Waals surface area contributed by atoms with E-state index in [0.29, 0.717) is 5.56 Å². The first-order valence-corrected chi connectivity index (χ1v) is 13.0. The smallest absolute Gasteiger partial charge is 0.144 e. The summed E-state index contributed by atoms with van der Waals surface area (Å²) in [5.41, 5.74) is 4.52. The molecule has 0 fully saturated rings. The molecule has 1 heteroatoms. The van der Waals surface area contributed by atoms with Gasteiger partial charge in [0, 0.05) is 16.5 Å². The number of benzene rings is 7. The number of furan rings is 1. The van der Waals surface area contributed by atoms with E-state index in [-0.39, 0.29) is 29.7 Å². The van der Waals surface area contributed by atoms with Crippen LogP contribution in [-0.4, -0.2) is 0 Å². The van der Waals surface area contributed by atoms with E-state index in [0.717, 1.165) is 65.7 Å². The van der Waals surface area contributed by atoms with Gasteiger partial charge in [0.1, 0.15) is 11.3 Å². The Morgan fingerprint density at radius 2 is 0.974 bits per heavy atom. The molecule has 1 nitrogen and oxygen atoms in total. The molecular weight excluding hydrogens is 472 g/mol. The first kappa shape index (κ1) is 17.4. The highest BCUT2D eigenvalue weighted by molar-refractivity contribution is 6.23. The van der Waals surface area contributed by atoms with E-state index in [1.807, 2.05) is 78.9 Å². The third-order valence-electron chi connectivity index (χ3n) is 7.56. The minimum Gasteiger partial charge on any atom is -0.455 e. The summed E-state index contributed by atoms with van der Waals surface area (Å²) in [6, 6.07) is 36.9. The van der Waals surface area contributed by atoms with Crippen LogP contribution in [0.3, 0.4) is 0 Å². The van der Waals surface area contributed by atoms with Crippen molar-refractivity contribution in [1.29, 1.82) is 0 Å². The van der Waals surface area contributed by atoms with E-state index in [1.165, 1.54) is 0 Å². The molecule has 0 atom stereocenters. The summed E-state index contributed by atoms with van der Waals surface area (Å²) in [6.07, 6.45) is 0. The fourth-order valence-corrected chi connectivity index (χ4v) is 5.95. The van der Waals surface area contributed by atoms with Crippen LogP contribution in [0.5, 0.6) is 0 Å². The maximum Gasteiger partial charge on any atom is 0.144 e. The molecule has 0 N–H and O–H groups in total. The van der Waals surface area contributed by atoms with E-state index in [1.54, 1.807) is 0 Å². The van der Waals surface area contributed by atoms with E-state index >= 15 is 0 Å². The van der Waals surface area contributed by atoms with Crippen molar-refractivity contribution < 1.29 is 11.3 Å². The molecule has 1 aromatic heterocycles. The van der Waals surface area contributed by atoms with Crippen LogP contribution in [0.25, 0.3) is 76.9 Å². The van der Waals surface area contributed by atoms with Crippen molar-refractivity contribution in [2.45, 2.75) is 0 Å². The predicted octanol–water partition coefficient (Wildman–Crippen LogP) is 10.9. The van der Waals surface area contributed by atoms with Crippen LogP contribution in [0, 0.1) is 0 Å². The van der Waals surface area contributed by atoms with Crippen LogP contribution in [0.15, 0.2) is 150 Å². The third kappa shape index (κ3) is 3.34. The van der Waals surface area contributed by atoms with Crippen molar-refractivity contribution in [3.05, 3.63) is 145 Å². The van der Waals surface area contributed by atoms with Gasteiger partial charge >= 0.3 is 0 Å². The second-order valence-electron chi connectivity index (χ2n) is 9.67. The van der Waals surface area contributed by atoms with Gasteiger partial charge in [-0.3, -0.25) is 0 Å². The molecule has 0 amide bonds. The van der Waals surface area contributed by atoms with E-state index in [9.17, 15) is 0 Å². The highest BCUT2D eigenvalue weighted by Gasteiger charge is 2.24. The van der Waals surface area contributed by atoms with Crippen molar-refractivity contribution in [3.63, 3.8) is 0 Å². The maximum atomic E-state index is 8.85. The minimum atomic E-state index is -0.406. The molecule has 0 spiro atoms. The summed E-state index contributed by atoms with van der Waals surface area (Å²) in [5, 5.41) is 6.55. The number of rotatable bonds is 3. The van der Waals surface area contributed by atoms with Crippen molar-refractivity contribution in [2.75, 3.05) is 0 Å². The first-order valence-electron chi connectivity index (χ1n) is 15.5. The number of fused-ring (bicyclic) bond motifs is 4. The molecule has 8 rings (SSSR count). The van der Waals surface area contributed by atoms with Crippen LogP contribution in [0.2, 0.25) is 0 Å². The monoisotopic (exact) mass is 501 g/mol. The van der Waals surface area contributed by atoms with Crippen molar-refractivity contribution >= 4 is 43.3 Å². The number of para-hydroxylation sites is 1. The normalized spacial score (nSPS) is 13.4.